The van der Waals surface area contributed by atoms with E-state index in [1.807, 2.05) is 87.5 Å². The van der Waals surface area contributed by atoms with Crippen molar-refractivity contribution >= 4 is 34.1 Å². The number of nitrogens with zero attached hydrogens (tertiary/aromatic N) is 2. The number of nitrogens with one attached hydrogen (secondary N) is 3. The highest BCUT2D eigenvalue weighted by atomic mass is 16.5. The maximum atomic E-state index is 14.1. The van der Waals surface area contributed by atoms with Gasteiger partial charge >= 0.3 is 6.03 Å². The number of carbonyl (C=O) groups excluding carboxylic acids is 2. The van der Waals surface area contributed by atoms with Gasteiger partial charge in [-0.3, -0.25) is 4.79 Å². The van der Waals surface area contributed by atoms with Crippen molar-refractivity contribution in [2.45, 2.75) is 26.9 Å². The number of fused-ring (bicyclic) bond motifs is 2. The third-order valence-electron chi connectivity index (χ3n) is 7.10. The van der Waals surface area contributed by atoms with Crippen LogP contribution in [0.3, 0.4) is 0 Å². The molecule has 4 aromatic carbocycles. The van der Waals surface area contributed by atoms with Crippen LogP contribution in [-0.4, -0.2) is 34.9 Å². The topological polar surface area (TPSA) is 114 Å². The molecule has 1 aliphatic rings. The molecule has 0 atom stereocenters. The fourth-order valence-electron chi connectivity index (χ4n) is 5.25. The second-order valence-electron chi connectivity index (χ2n) is 10.7. The van der Waals surface area contributed by atoms with E-state index >= 15 is 0 Å². The normalized spacial score (nSPS) is 11.6. The summed E-state index contributed by atoms with van der Waals surface area (Å²) in [5, 5.41) is 9.23. The average molecular weight is 586 g/mol. The maximum Gasteiger partial charge on any atom is 0.318 e. The maximum absolute atomic E-state index is 14.1. The SMILES string of the molecule is C=C(Nc1cc(OC(C)C)c2nc(-c3ccc(C)cc3NC(=O)NC)nc3c2c1C(=O)c1ccccc1-3)Oc1ccccc1. The summed E-state index contributed by atoms with van der Waals surface area (Å²) in [5.41, 5.74) is 5.22. The minimum Gasteiger partial charge on any atom is -0.489 e. The molecule has 0 radical (unpaired) electrons. The lowest BCUT2D eigenvalue weighted by Gasteiger charge is -2.25. The molecule has 1 aromatic heterocycles. The van der Waals surface area contributed by atoms with Crippen LogP contribution in [0, 0.1) is 6.92 Å². The smallest absolute Gasteiger partial charge is 0.318 e. The molecule has 0 fully saturated rings. The fourth-order valence-corrected chi connectivity index (χ4v) is 5.25. The average Bonchev–Trinajstić information content (AvgIpc) is 3.00. The Hall–Kier alpha value is -5.70. The molecule has 0 bridgehead atoms. The molecule has 0 aliphatic heterocycles. The minimum absolute atomic E-state index is 0.183. The van der Waals surface area contributed by atoms with Gasteiger partial charge in [0.1, 0.15) is 17.0 Å². The molecule has 0 unspecified atom stereocenters. The van der Waals surface area contributed by atoms with Crippen LogP contribution in [0.2, 0.25) is 0 Å². The van der Waals surface area contributed by atoms with Gasteiger partial charge in [-0.25, -0.2) is 14.8 Å². The van der Waals surface area contributed by atoms with Crippen molar-refractivity contribution in [3.63, 3.8) is 0 Å². The van der Waals surface area contributed by atoms with Crippen molar-refractivity contribution in [1.29, 1.82) is 0 Å². The van der Waals surface area contributed by atoms with Crippen LogP contribution in [0.25, 0.3) is 33.5 Å². The van der Waals surface area contributed by atoms with E-state index in [9.17, 15) is 9.59 Å². The van der Waals surface area contributed by atoms with E-state index in [2.05, 4.69) is 22.5 Å². The standard InChI is InChI=1S/C35H31N5O4/c1-19(2)43-28-18-27(37-21(4)44-22-11-7-6-8-12-22)29-30-31(23-13-9-10-14-24(23)33(29)41)39-34(40-32(28)30)25-16-15-20(3)17-26(25)38-35(42)36-5/h6-19,37H,4H2,1-3,5H3,(H2,36,38,42). The Morgan fingerprint density at radius 1 is 0.864 bits per heavy atom. The summed E-state index contributed by atoms with van der Waals surface area (Å²) >= 11 is 0. The summed E-state index contributed by atoms with van der Waals surface area (Å²) in [6.07, 6.45) is -0.196. The number of hydrogen-bond donors (Lipinski definition) is 3. The van der Waals surface area contributed by atoms with Crippen molar-refractivity contribution in [1.82, 2.24) is 15.3 Å². The Kier molecular flexibility index (Phi) is 7.45. The van der Waals surface area contributed by atoms with Crippen molar-refractivity contribution in [3.8, 4) is 34.1 Å². The molecule has 6 rings (SSSR count). The number of aryl methyl sites for hydroxylation is 1. The number of ether oxygens (including phenoxy) is 2. The number of urea groups is 1. The van der Waals surface area contributed by atoms with Gasteiger partial charge in [-0.2, -0.15) is 0 Å². The van der Waals surface area contributed by atoms with Gasteiger partial charge in [0, 0.05) is 35.2 Å². The molecule has 44 heavy (non-hydrogen) atoms. The van der Waals surface area contributed by atoms with Crippen molar-refractivity contribution in [3.05, 3.63) is 108 Å². The highest BCUT2D eigenvalue weighted by molar-refractivity contribution is 6.28. The largest absolute Gasteiger partial charge is 0.489 e. The summed E-state index contributed by atoms with van der Waals surface area (Å²) in [5.74, 6) is 1.48. The van der Waals surface area contributed by atoms with Gasteiger partial charge in [-0.15, -0.1) is 0 Å². The van der Waals surface area contributed by atoms with Crippen molar-refractivity contribution in [2.24, 2.45) is 0 Å². The summed E-state index contributed by atoms with van der Waals surface area (Å²) in [6.45, 7) is 9.83. The predicted octanol–water partition coefficient (Wildman–Crippen LogP) is 7.32. The first kappa shape index (κ1) is 28.4. The summed E-state index contributed by atoms with van der Waals surface area (Å²) < 4.78 is 12.2. The zero-order valence-corrected chi connectivity index (χ0v) is 24.8. The third kappa shape index (κ3) is 5.31. The highest BCUT2D eigenvalue weighted by Crippen LogP contribution is 2.46. The number of aromatic nitrogens is 2. The van der Waals surface area contributed by atoms with Gasteiger partial charge in [0.05, 0.1) is 28.7 Å². The van der Waals surface area contributed by atoms with Gasteiger partial charge in [0.2, 0.25) is 0 Å². The molecule has 0 saturated heterocycles. The van der Waals surface area contributed by atoms with Gasteiger partial charge in [0.25, 0.3) is 0 Å². The second kappa shape index (κ2) is 11.5. The van der Waals surface area contributed by atoms with E-state index in [-0.39, 0.29) is 23.8 Å². The number of ketones is 1. The van der Waals surface area contributed by atoms with E-state index in [0.29, 0.717) is 67.5 Å². The number of anilines is 2. The molecule has 5 aromatic rings. The van der Waals surface area contributed by atoms with E-state index in [1.165, 1.54) is 0 Å². The van der Waals surface area contributed by atoms with Crippen LogP contribution >= 0.6 is 0 Å². The number of benzene rings is 4. The molecule has 0 saturated carbocycles. The lowest BCUT2D eigenvalue weighted by atomic mass is 9.85. The number of para-hydroxylation sites is 1. The molecular formula is C35H31N5O4. The monoisotopic (exact) mass is 585 g/mol. The molecule has 0 spiro atoms. The molecule has 3 N–H and O–H groups in total. The molecule has 9 nitrogen and oxygen atoms in total. The summed E-state index contributed by atoms with van der Waals surface area (Å²) in [6, 6.07) is 23.7. The molecule has 1 aliphatic carbocycles. The van der Waals surface area contributed by atoms with Gasteiger partial charge in [-0.05, 0) is 57.2 Å². The Morgan fingerprint density at radius 3 is 2.32 bits per heavy atom. The Bertz CT molecular complexity index is 1950. The van der Waals surface area contributed by atoms with E-state index < -0.39 is 0 Å². The molecular weight excluding hydrogens is 554 g/mol. The fraction of sp³-hybridized carbons (Fsp3) is 0.143. The molecule has 220 valence electrons. The van der Waals surface area contributed by atoms with Crippen LogP contribution in [-0.2, 0) is 0 Å². The van der Waals surface area contributed by atoms with Crippen molar-refractivity contribution in [2.75, 3.05) is 17.7 Å². The van der Waals surface area contributed by atoms with Gasteiger partial charge < -0.3 is 25.4 Å². The number of rotatable bonds is 8. The number of hydrogen-bond acceptors (Lipinski definition) is 7. The van der Waals surface area contributed by atoms with E-state index in [0.717, 1.165) is 5.56 Å². The lowest BCUT2D eigenvalue weighted by Crippen LogP contribution is -2.25. The third-order valence-corrected chi connectivity index (χ3v) is 7.10. The van der Waals surface area contributed by atoms with Gasteiger partial charge in [-0.1, -0.05) is 48.5 Å². The molecule has 9 heteroatoms. The quantitative estimate of drug-likeness (QED) is 0.160. The first-order valence-electron chi connectivity index (χ1n) is 14.2. The second-order valence-corrected chi connectivity index (χ2v) is 10.7. The van der Waals surface area contributed by atoms with Gasteiger partial charge in [0.15, 0.2) is 17.5 Å². The van der Waals surface area contributed by atoms with E-state index in [1.54, 1.807) is 19.2 Å². The van der Waals surface area contributed by atoms with E-state index in [4.69, 9.17) is 19.4 Å². The van der Waals surface area contributed by atoms with Crippen LogP contribution < -0.4 is 25.4 Å². The predicted molar refractivity (Wildman–Crippen MR) is 172 cm³/mol. The Balaban J connectivity index is 1.60. The first-order valence-corrected chi connectivity index (χ1v) is 14.2. The van der Waals surface area contributed by atoms with Crippen LogP contribution in [0.1, 0.15) is 35.3 Å². The highest BCUT2D eigenvalue weighted by Gasteiger charge is 2.32. The Labute approximate surface area is 255 Å². The lowest BCUT2D eigenvalue weighted by molar-refractivity contribution is 0.104. The van der Waals surface area contributed by atoms with Crippen LogP contribution in [0.5, 0.6) is 11.5 Å². The Morgan fingerprint density at radius 2 is 1.59 bits per heavy atom. The minimum atomic E-state index is -0.366. The van der Waals surface area contributed by atoms with Crippen LogP contribution in [0.4, 0.5) is 16.2 Å². The first-order chi connectivity index (χ1) is 21.2. The number of carbonyl (C=O) groups is 2. The zero-order chi connectivity index (χ0) is 31.0. The van der Waals surface area contributed by atoms with Crippen molar-refractivity contribution < 1.29 is 19.1 Å². The summed E-state index contributed by atoms with van der Waals surface area (Å²) in [7, 11) is 1.55. The zero-order valence-electron chi connectivity index (χ0n) is 24.8. The molecule has 2 amide bonds. The number of amides is 2. The summed E-state index contributed by atoms with van der Waals surface area (Å²) in [4.78, 5) is 36.5. The molecule has 1 heterocycles. The van der Waals surface area contributed by atoms with Crippen LogP contribution in [0.15, 0.2) is 91.3 Å².